The number of amides is 1. The first-order valence-electron chi connectivity index (χ1n) is 6.16. The van der Waals surface area contributed by atoms with Gasteiger partial charge in [0.15, 0.2) is 0 Å². The van der Waals surface area contributed by atoms with E-state index in [1.807, 2.05) is 0 Å². The molecule has 2 heterocycles. The fourth-order valence-electron chi connectivity index (χ4n) is 2.16. The maximum atomic E-state index is 13.1. The average molecular weight is 260 g/mol. The summed E-state index contributed by atoms with van der Waals surface area (Å²) in [6.45, 7) is 2.33. The molecule has 0 aliphatic carbocycles. The van der Waals surface area contributed by atoms with Crippen LogP contribution in [0.3, 0.4) is 0 Å². The molecule has 4 nitrogen and oxygen atoms in total. The summed E-state index contributed by atoms with van der Waals surface area (Å²) in [6.07, 6.45) is 1.50. The van der Waals surface area contributed by atoms with E-state index in [2.05, 4.69) is 4.98 Å². The van der Waals surface area contributed by atoms with E-state index < -0.39 is 0 Å². The second-order valence-electron chi connectivity index (χ2n) is 4.47. The number of hydrogen-bond donors (Lipinski definition) is 0. The van der Waals surface area contributed by atoms with Crippen molar-refractivity contribution in [2.75, 3.05) is 26.3 Å². The Morgan fingerprint density at radius 2 is 2.05 bits per heavy atom. The number of pyridine rings is 1. The lowest BCUT2D eigenvalue weighted by Gasteiger charge is -2.26. The number of morpholine rings is 1. The fourth-order valence-corrected chi connectivity index (χ4v) is 2.16. The van der Waals surface area contributed by atoms with Gasteiger partial charge in [-0.15, -0.1) is 0 Å². The monoisotopic (exact) mass is 260 g/mol. The number of halogens is 1. The highest BCUT2D eigenvalue weighted by atomic mass is 19.1. The van der Waals surface area contributed by atoms with E-state index in [1.54, 1.807) is 17.0 Å². The molecule has 1 amide bonds. The molecule has 0 bridgehead atoms. The molecule has 1 aromatic heterocycles. The molecule has 3 rings (SSSR count). The van der Waals surface area contributed by atoms with Gasteiger partial charge in [0.2, 0.25) is 0 Å². The minimum Gasteiger partial charge on any atom is -0.378 e. The molecule has 98 valence electrons. The van der Waals surface area contributed by atoms with E-state index in [-0.39, 0.29) is 11.7 Å². The lowest BCUT2D eigenvalue weighted by atomic mass is 10.1. The van der Waals surface area contributed by atoms with Gasteiger partial charge in [-0.25, -0.2) is 4.39 Å². The van der Waals surface area contributed by atoms with Gasteiger partial charge in [-0.05, 0) is 18.2 Å². The molecule has 1 fully saturated rings. The van der Waals surface area contributed by atoms with Gasteiger partial charge < -0.3 is 9.64 Å². The molecular formula is C14H13FN2O2. The summed E-state index contributed by atoms with van der Waals surface area (Å²) in [7, 11) is 0. The van der Waals surface area contributed by atoms with Crippen molar-refractivity contribution in [3.8, 4) is 0 Å². The normalized spacial score (nSPS) is 15.7. The number of rotatable bonds is 1. The number of hydrogen-bond acceptors (Lipinski definition) is 3. The van der Waals surface area contributed by atoms with Gasteiger partial charge in [0, 0.05) is 30.7 Å². The van der Waals surface area contributed by atoms with Crippen LogP contribution in [0.1, 0.15) is 10.4 Å². The highest BCUT2D eigenvalue weighted by molar-refractivity contribution is 5.97. The minimum atomic E-state index is -0.327. The van der Waals surface area contributed by atoms with Crippen LogP contribution < -0.4 is 0 Å². The molecule has 1 saturated heterocycles. The van der Waals surface area contributed by atoms with E-state index in [0.717, 1.165) is 5.39 Å². The molecule has 0 atom stereocenters. The van der Waals surface area contributed by atoms with Gasteiger partial charge in [0.25, 0.3) is 5.91 Å². The van der Waals surface area contributed by atoms with Gasteiger partial charge in [-0.3, -0.25) is 9.78 Å². The fraction of sp³-hybridized carbons (Fsp3) is 0.286. The van der Waals surface area contributed by atoms with E-state index in [9.17, 15) is 9.18 Å². The molecule has 1 aromatic carbocycles. The van der Waals surface area contributed by atoms with Gasteiger partial charge >= 0.3 is 0 Å². The summed E-state index contributed by atoms with van der Waals surface area (Å²) in [6, 6.07) is 6.11. The van der Waals surface area contributed by atoms with Crippen molar-refractivity contribution < 1.29 is 13.9 Å². The Hall–Kier alpha value is -2.01. The van der Waals surface area contributed by atoms with E-state index >= 15 is 0 Å². The maximum absolute atomic E-state index is 13.1. The zero-order valence-electron chi connectivity index (χ0n) is 10.3. The number of fused-ring (bicyclic) bond motifs is 1. The second-order valence-corrected chi connectivity index (χ2v) is 4.47. The quantitative estimate of drug-likeness (QED) is 0.785. The van der Waals surface area contributed by atoms with Crippen molar-refractivity contribution in [1.82, 2.24) is 9.88 Å². The summed E-state index contributed by atoms with van der Waals surface area (Å²) in [5.74, 6) is -0.380. The molecule has 0 unspecified atom stereocenters. The van der Waals surface area contributed by atoms with Crippen LogP contribution in [0.2, 0.25) is 0 Å². The summed E-state index contributed by atoms with van der Waals surface area (Å²) < 4.78 is 18.3. The topological polar surface area (TPSA) is 42.4 Å². The molecule has 1 aliphatic rings. The highest BCUT2D eigenvalue weighted by Crippen LogP contribution is 2.16. The lowest BCUT2D eigenvalue weighted by molar-refractivity contribution is 0.0303. The number of carbonyl (C=O) groups excluding carboxylic acids is 1. The Bertz CT molecular complexity index is 624. The third-order valence-corrected chi connectivity index (χ3v) is 3.19. The summed E-state index contributed by atoms with van der Waals surface area (Å²) in [5.41, 5.74) is 1.08. The summed E-state index contributed by atoms with van der Waals surface area (Å²) in [4.78, 5) is 18.2. The minimum absolute atomic E-state index is 0.0537. The number of benzene rings is 1. The third-order valence-electron chi connectivity index (χ3n) is 3.19. The zero-order chi connectivity index (χ0) is 13.2. The standard InChI is InChI=1S/C14H13FN2O2/c15-12-2-1-10-7-11(9-16-13(10)8-12)14(18)17-3-5-19-6-4-17/h1-2,7-9H,3-6H2. The predicted molar refractivity (Wildman–Crippen MR) is 68.4 cm³/mol. The molecule has 2 aromatic rings. The lowest BCUT2D eigenvalue weighted by Crippen LogP contribution is -2.40. The Labute approximate surface area is 109 Å². The number of carbonyl (C=O) groups is 1. The third kappa shape index (κ3) is 2.42. The first-order valence-corrected chi connectivity index (χ1v) is 6.16. The number of aromatic nitrogens is 1. The summed E-state index contributed by atoms with van der Waals surface area (Å²) >= 11 is 0. The highest BCUT2D eigenvalue weighted by Gasteiger charge is 2.18. The van der Waals surface area contributed by atoms with Crippen molar-refractivity contribution in [2.24, 2.45) is 0 Å². The second kappa shape index (κ2) is 4.93. The maximum Gasteiger partial charge on any atom is 0.255 e. The van der Waals surface area contributed by atoms with Crippen LogP contribution in [0.4, 0.5) is 4.39 Å². The molecule has 1 aliphatic heterocycles. The SMILES string of the molecule is O=C(c1cnc2cc(F)ccc2c1)N1CCOCC1. The van der Waals surface area contributed by atoms with Crippen molar-refractivity contribution >= 4 is 16.8 Å². The van der Waals surface area contributed by atoms with Crippen molar-refractivity contribution in [1.29, 1.82) is 0 Å². The van der Waals surface area contributed by atoms with Gasteiger partial charge in [0.05, 0.1) is 24.3 Å². The van der Waals surface area contributed by atoms with Crippen LogP contribution >= 0.6 is 0 Å². The van der Waals surface area contributed by atoms with Gasteiger partial charge in [-0.1, -0.05) is 0 Å². The number of nitrogens with zero attached hydrogens (tertiary/aromatic N) is 2. The van der Waals surface area contributed by atoms with Gasteiger partial charge in [0.1, 0.15) is 5.82 Å². The first kappa shape index (κ1) is 12.0. The van der Waals surface area contributed by atoms with Crippen molar-refractivity contribution in [3.05, 3.63) is 41.8 Å². The van der Waals surface area contributed by atoms with E-state index in [0.29, 0.717) is 37.4 Å². The predicted octanol–water partition coefficient (Wildman–Crippen LogP) is 1.85. The molecule has 0 N–H and O–H groups in total. The zero-order valence-corrected chi connectivity index (χ0v) is 10.3. The summed E-state index contributed by atoms with van der Waals surface area (Å²) in [5, 5.41) is 0.764. The van der Waals surface area contributed by atoms with Crippen LogP contribution in [-0.2, 0) is 4.74 Å². The Balaban J connectivity index is 1.92. The van der Waals surface area contributed by atoms with Gasteiger partial charge in [-0.2, -0.15) is 0 Å². The number of ether oxygens (including phenoxy) is 1. The smallest absolute Gasteiger partial charge is 0.255 e. The van der Waals surface area contributed by atoms with Crippen molar-refractivity contribution in [2.45, 2.75) is 0 Å². The first-order chi connectivity index (χ1) is 9.24. The largest absolute Gasteiger partial charge is 0.378 e. The van der Waals surface area contributed by atoms with Crippen LogP contribution in [0.15, 0.2) is 30.5 Å². The Kier molecular flexibility index (Phi) is 3.13. The molecule has 19 heavy (non-hydrogen) atoms. The molecule has 0 radical (unpaired) electrons. The van der Waals surface area contributed by atoms with Crippen LogP contribution in [0.25, 0.3) is 10.9 Å². The van der Waals surface area contributed by atoms with E-state index in [1.165, 1.54) is 18.3 Å². The van der Waals surface area contributed by atoms with Crippen molar-refractivity contribution in [3.63, 3.8) is 0 Å². The molecule has 0 saturated carbocycles. The molecule has 5 heteroatoms. The van der Waals surface area contributed by atoms with Crippen LogP contribution in [0.5, 0.6) is 0 Å². The molecular weight excluding hydrogens is 247 g/mol. The van der Waals surface area contributed by atoms with E-state index in [4.69, 9.17) is 4.74 Å². The average Bonchev–Trinajstić information content (AvgIpc) is 2.47. The van der Waals surface area contributed by atoms with Crippen LogP contribution in [-0.4, -0.2) is 42.1 Å². The Morgan fingerprint density at radius 1 is 1.26 bits per heavy atom. The van der Waals surface area contributed by atoms with Crippen LogP contribution in [0, 0.1) is 5.82 Å². The Morgan fingerprint density at radius 3 is 2.84 bits per heavy atom. The molecule has 0 spiro atoms.